The fourth-order valence-electron chi connectivity index (χ4n) is 2.64. The van der Waals surface area contributed by atoms with Gasteiger partial charge in [0.25, 0.3) is 0 Å². The molecule has 0 saturated heterocycles. The second-order valence-electron chi connectivity index (χ2n) is 4.68. The molecule has 1 aliphatic rings. The zero-order valence-corrected chi connectivity index (χ0v) is 9.06. The number of hydrogen-bond acceptors (Lipinski definition) is 3. The van der Waals surface area contributed by atoms with E-state index in [0.29, 0.717) is 6.42 Å². The van der Waals surface area contributed by atoms with Crippen LogP contribution >= 0.6 is 0 Å². The molecule has 14 heavy (non-hydrogen) atoms. The normalized spacial score (nSPS) is 38.6. The number of rotatable bonds is 2. The van der Waals surface area contributed by atoms with Crippen LogP contribution in [0.15, 0.2) is 0 Å². The highest BCUT2D eigenvalue weighted by Gasteiger charge is 2.53. The zero-order chi connectivity index (χ0) is 10.9. The highest BCUT2D eigenvalue weighted by Crippen LogP contribution is 2.40. The first-order valence-corrected chi connectivity index (χ1v) is 5.26. The Bertz CT molecular complexity index is 229. The van der Waals surface area contributed by atoms with E-state index in [9.17, 15) is 15.2 Å². The predicted molar refractivity (Wildman–Crippen MR) is 53.6 cm³/mol. The molecular weight excluding hydrogens is 182 g/mol. The standard InChI is InChI=1S/C10H19NO3/c1-7(2)10(12)8(3)5-4-6-9(10)11(13)14/h7-9,12H,4-6H2,1-3H3. The van der Waals surface area contributed by atoms with E-state index in [4.69, 9.17) is 0 Å². The summed E-state index contributed by atoms with van der Waals surface area (Å²) in [4.78, 5) is 10.6. The van der Waals surface area contributed by atoms with Crippen LogP contribution < -0.4 is 0 Å². The largest absolute Gasteiger partial charge is 0.382 e. The zero-order valence-electron chi connectivity index (χ0n) is 9.06. The van der Waals surface area contributed by atoms with Crippen LogP contribution in [0.5, 0.6) is 0 Å². The molecular formula is C10H19NO3. The quantitative estimate of drug-likeness (QED) is 0.547. The van der Waals surface area contributed by atoms with Crippen molar-refractivity contribution in [3.05, 3.63) is 10.1 Å². The Kier molecular flexibility index (Phi) is 3.14. The molecule has 0 bridgehead atoms. The van der Waals surface area contributed by atoms with Crippen LogP contribution in [0.3, 0.4) is 0 Å². The Hall–Kier alpha value is -0.640. The minimum absolute atomic E-state index is 0.0200. The molecule has 1 saturated carbocycles. The van der Waals surface area contributed by atoms with Crippen molar-refractivity contribution in [2.45, 2.75) is 51.7 Å². The molecule has 0 heterocycles. The van der Waals surface area contributed by atoms with Crippen molar-refractivity contribution >= 4 is 0 Å². The van der Waals surface area contributed by atoms with Gasteiger partial charge < -0.3 is 5.11 Å². The van der Waals surface area contributed by atoms with Gasteiger partial charge in [0.2, 0.25) is 6.04 Å². The number of nitro groups is 1. The molecule has 1 fully saturated rings. The van der Waals surface area contributed by atoms with E-state index in [1.165, 1.54) is 0 Å². The van der Waals surface area contributed by atoms with Gasteiger partial charge in [0.05, 0.1) is 0 Å². The third kappa shape index (κ3) is 1.63. The third-order valence-electron chi connectivity index (χ3n) is 3.62. The average molecular weight is 201 g/mol. The molecule has 0 aromatic rings. The van der Waals surface area contributed by atoms with Crippen molar-refractivity contribution in [2.75, 3.05) is 0 Å². The Morgan fingerprint density at radius 2 is 2.07 bits per heavy atom. The summed E-state index contributed by atoms with van der Waals surface area (Å²) in [7, 11) is 0. The monoisotopic (exact) mass is 201 g/mol. The van der Waals surface area contributed by atoms with E-state index in [2.05, 4.69) is 0 Å². The summed E-state index contributed by atoms with van der Waals surface area (Å²) in [6.07, 6.45) is 2.24. The molecule has 4 nitrogen and oxygen atoms in total. The topological polar surface area (TPSA) is 63.4 Å². The maximum absolute atomic E-state index is 10.9. The van der Waals surface area contributed by atoms with Gasteiger partial charge >= 0.3 is 0 Å². The van der Waals surface area contributed by atoms with E-state index >= 15 is 0 Å². The molecule has 82 valence electrons. The molecule has 0 aliphatic heterocycles. The van der Waals surface area contributed by atoms with E-state index in [1.807, 2.05) is 20.8 Å². The van der Waals surface area contributed by atoms with Crippen molar-refractivity contribution in [1.82, 2.24) is 0 Å². The van der Waals surface area contributed by atoms with Crippen LogP contribution in [0.1, 0.15) is 40.0 Å². The van der Waals surface area contributed by atoms with Gasteiger partial charge in [0.15, 0.2) is 0 Å². The van der Waals surface area contributed by atoms with Crippen LogP contribution in [0.2, 0.25) is 0 Å². The van der Waals surface area contributed by atoms with Gasteiger partial charge in [-0.05, 0) is 24.7 Å². The Labute approximate surface area is 84.5 Å². The van der Waals surface area contributed by atoms with Gasteiger partial charge in [-0.2, -0.15) is 0 Å². The van der Waals surface area contributed by atoms with Crippen molar-refractivity contribution in [3.63, 3.8) is 0 Å². The summed E-state index contributed by atoms with van der Waals surface area (Å²) in [5.74, 6) is -0.0418. The fourth-order valence-corrected chi connectivity index (χ4v) is 2.64. The molecule has 0 aromatic heterocycles. The minimum Gasteiger partial charge on any atom is -0.382 e. The van der Waals surface area contributed by atoms with Gasteiger partial charge in [-0.15, -0.1) is 0 Å². The summed E-state index contributed by atoms with van der Waals surface area (Å²) in [6, 6.07) is -0.786. The molecule has 1 aliphatic carbocycles. The molecule has 1 N–H and O–H groups in total. The summed E-state index contributed by atoms with van der Waals surface area (Å²) >= 11 is 0. The summed E-state index contributed by atoms with van der Waals surface area (Å²) < 4.78 is 0. The van der Waals surface area contributed by atoms with Crippen LogP contribution in [-0.2, 0) is 0 Å². The minimum atomic E-state index is -1.12. The number of aliphatic hydroxyl groups is 1. The van der Waals surface area contributed by atoms with Crippen molar-refractivity contribution in [2.24, 2.45) is 11.8 Å². The first-order chi connectivity index (χ1) is 6.40. The molecule has 4 heteroatoms. The first-order valence-electron chi connectivity index (χ1n) is 5.26. The lowest BCUT2D eigenvalue weighted by atomic mass is 9.67. The lowest BCUT2D eigenvalue weighted by Crippen LogP contribution is -2.57. The van der Waals surface area contributed by atoms with E-state index in [0.717, 1.165) is 12.8 Å². The van der Waals surface area contributed by atoms with Gasteiger partial charge in [-0.25, -0.2) is 0 Å². The lowest BCUT2D eigenvalue weighted by molar-refractivity contribution is -0.555. The third-order valence-corrected chi connectivity index (χ3v) is 3.62. The van der Waals surface area contributed by atoms with Crippen molar-refractivity contribution in [3.8, 4) is 0 Å². The first kappa shape index (κ1) is 11.4. The Morgan fingerprint density at radius 3 is 2.43 bits per heavy atom. The highest BCUT2D eigenvalue weighted by molar-refractivity contribution is 4.97. The summed E-state index contributed by atoms with van der Waals surface area (Å²) in [5, 5.41) is 21.3. The second kappa shape index (κ2) is 3.85. The average Bonchev–Trinajstić information content (AvgIpc) is 2.08. The second-order valence-corrected chi connectivity index (χ2v) is 4.68. The fraction of sp³-hybridized carbons (Fsp3) is 1.00. The van der Waals surface area contributed by atoms with Gasteiger partial charge in [-0.3, -0.25) is 10.1 Å². The Balaban J connectivity index is 2.97. The number of hydrogen-bond donors (Lipinski definition) is 1. The molecule has 3 unspecified atom stereocenters. The molecule has 0 radical (unpaired) electrons. The molecule has 1 rings (SSSR count). The van der Waals surface area contributed by atoms with E-state index in [-0.39, 0.29) is 16.8 Å². The van der Waals surface area contributed by atoms with Crippen molar-refractivity contribution in [1.29, 1.82) is 0 Å². The van der Waals surface area contributed by atoms with Gasteiger partial charge in [0.1, 0.15) is 5.60 Å². The van der Waals surface area contributed by atoms with Crippen LogP contribution in [0, 0.1) is 22.0 Å². The lowest BCUT2D eigenvalue weighted by Gasteiger charge is -2.42. The Morgan fingerprint density at radius 1 is 1.50 bits per heavy atom. The molecule has 0 aromatic carbocycles. The SMILES string of the molecule is CC(C)C1(O)C(C)CCCC1[N+](=O)[O-]. The van der Waals surface area contributed by atoms with Gasteiger partial charge in [-0.1, -0.05) is 20.8 Å². The van der Waals surface area contributed by atoms with E-state index < -0.39 is 11.6 Å². The molecule has 0 spiro atoms. The maximum Gasteiger partial charge on any atom is 0.241 e. The van der Waals surface area contributed by atoms with Crippen LogP contribution in [0.25, 0.3) is 0 Å². The van der Waals surface area contributed by atoms with Crippen molar-refractivity contribution < 1.29 is 10.0 Å². The van der Waals surface area contributed by atoms with Crippen LogP contribution in [0.4, 0.5) is 0 Å². The highest BCUT2D eigenvalue weighted by atomic mass is 16.6. The molecule has 3 atom stereocenters. The van der Waals surface area contributed by atoms with Crippen LogP contribution in [-0.4, -0.2) is 21.7 Å². The molecule has 0 amide bonds. The maximum atomic E-state index is 10.9. The smallest absolute Gasteiger partial charge is 0.241 e. The van der Waals surface area contributed by atoms with E-state index in [1.54, 1.807) is 0 Å². The summed E-state index contributed by atoms with van der Waals surface area (Å²) in [5.41, 5.74) is -1.12. The predicted octanol–water partition coefficient (Wildman–Crippen LogP) is 1.84. The number of nitrogens with zero attached hydrogens (tertiary/aromatic N) is 1. The summed E-state index contributed by atoms with van der Waals surface area (Å²) in [6.45, 7) is 5.63. The van der Waals surface area contributed by atoms with Gasteiger partial charge in [0, 0.05) is 11.3 Å².